The van der Waals surface area contributed by atoms with Crippen molar-refractivity contribution < 1.29 is 18.3 Å². The van der Waals surface area contributed by atoms with Crippen LogP contribution in [0.1, 0.15) is 16.7 Å². The van der Waals surface area contributed by atoms with Crippen molar-refractivity contribution >= 4 is 5.90 Å². The van der Waals surface area contributed by atoms with Gasteiger partial charge in [0.05, 0.1) is 5.56 Å². The number of likely N-dealkylation sites (N-methyl/N-ethyl adjacent to an activating group) is 1. The van der Waals surface area contributed by atoms with Crippen molar-refractivity contribution in [1.29, 1.82) is 5.41 Å². The van der Waals surface area contributed by atoms with E-state index in [1.165, 1.54) is 18.2 Å². The van der Waals surface area contributed by atoms with Crippen molar-refractivity contribution in [2.75, 3.05) is 33.2 Å². The number of piperazine rings is 1. The van der Waals surface area contributed by atoms with Crippen LogP contribution in [0.4, 0.5) is 13.2 Å². The summed E-state index contributed by atoms with van der Waals surface area (Å²) >= 11 is 0. The van der Waals surface area contributed by atoms with Gasteiger partial charge in [-0.2, -0.15) is 13.2 Å². The summed E-state index contributed by atoms with van der Waals surface area (Å²) in [5.41, 5.74) is 0.630. The molecule has 0 radical (unpaired) electrons. The number of nitrogens with zero attached hydrogens (tertiary/aromatic N) is 2. The van der Waals surface area contributed by atoms with E-state index in [-0.39, 0.29) is 17.7 Å². The standard InChI is InChI=1S/C20H22F3N3O/c1-25-7-9-26(10-8-25)13-17-6-5-15(12-18(17)20(21,22)23)14-3-2-4-16(11-14)19(24)27/h2-6,11-12H,7-10,13H2,1H3,(H2,24,27)/p-1. The van der Waals surface area contributed by atoms with Crippen LogP contribution in [0.5, 0.6) is 0 Å². The number of rotatable bonds is 4. The Morgan fingerprint density at radius 2 is 1.70 bits per heavy atom. The van der Waals surface area contributed by atoms with Crippen molar-refractivity contribution in [2.24, 2.45) is 0 Å². The minimum atomic E-state index is -4.46. The van der Waals surface area contributed by atoms with E-state index in [1.807, 2.05) is 11.9 Å². The van der Waals surface area contributed by atoms with E-state index < -0.39 is 17.6 Å². The Morgan fingerprint density at radius 1 is 1.04 bits per heavy atom. The first-order valence-electron chi connectivity index (χ1n) is 8.71. The molecule has 2 aromatic rings. The topological polar surface area (TPSA) is 53.4 Å². The predicted molar refractivity (Wildman–Crippen MR) is 96.5 cm³/mol. The molecule has 0 aliphatic carbocycles. The molecule has 0 aromatic heterocycles. The van der Waals surface area contributed by atoms with E-state index in [0.29, 0.717) is 11.1 Å². The van der Waals surface area contributed by atoms with Gasteiger partial charge in [0.1, 0.15) is 0 Å². The number of hydrogen-bond donors (Lipinski definition) is 1. The number of hydrogen-bond acceptors (Lipinski definition) is 4. The lowest BCUT2D eigenvalue weighted by Gasteiger charge is -2.33. The molecule has 1 fully saturated rings. The lowest BCUT2D eigenvalue weighted by atomic mass is 9.97. The number of nitrogens with one attached hydrogen (secondary N) is 1. The summed E-state index contributed by atoms with van der Waals surface area (Å²) in [5, 5.41) is 18.4. The molecule has 1 N–H and O–H groups in total. The van der Waals surface area contributed by atoms with Crippen molar-refractivity contribution in [3.8, 4) is 11.1 Å². The van der Waals surface area contributed by atoms with E-state index in [2.05, 4.69) is 4.90 Å². The van der Waals surface area contributed by atoms with Gasteiger partial charge in [-0.3, -0.25) is 4.90 Å². The molecule has 4 nitrogen and oxygen atoms in total. The first-order valence-corrected chi connectivity index (χ1v) is 8.71. The van der Waals surface area contributed by atoms with Crippen LogP contribution in [0.15, 0.2) is 42.5 Å². The van der Waals surface area contributed by atoms with Crippen LogP contribution < -0.4 is 5.11 Å². The van der Waals surface area contributed by atoms with Gasteiger partial charge >= 0.3 is 6.18 Å². The molecule has 1 aliphatic heterocycles. The number of halogens is 3. The molecule has 0 unspecified atom stereocenters. The molecular formula is C20H21F3N3O-. The predicted octanol–water partition coefficient (Wildman–Crippen LogP) is 2.81. The molecule has 27 heavy (non-hydrogen) atoms. The average molecular weight is 376 g/mol. The Balaban J connectivity index is 1.93. The summed E-state index contributed by atoms with van der Waals surface area (Å²) in [6, 6.07) is 10.4. The van der Waals surface area contributed by atoms with Crippen LogP contribution in [-0.2, 0) is 12.7 Å². The van der Waals surface area contributed by atoms with Crippen molar-refractivity contribution in [2.45, 2.75) is 12.7 Å². The smallest absolute Gasteiger partial charge is 0.416 e. The third-order valence-electron chi connectivity index (χ3n) is 4.86. The summed E-state index contributed by atoms with van der Waals surface area (Å²) in [6.45, 7) is 3.42. The largest absolute Gasteiger partial charge is 0.859 e. The zero-order chi connectivity index (χ0) is 19.6. The number of benzene rings is 2. The molecule has 0 amide bonds. The maximum absolute atomic E-state index is 13.7. The second-order valence-corrected chi connectivity index (χ2v) is 6.86. The van der Waals surface area contributed by atoms with Crippen LogP contribution in [-0.4, -0.2) is 48.9 Å². The van der Waals surface area contributed by atoms with Gasteiger partial charge in [-0.05, 0) is 47.3 Å². The maximum atomic E-state index is 13.7. The van der Waals surface area contributed by atoms with E-state index in [9.17, 15) is 18.3 Å². The Hall–Kier alpha value is -2.38. The van der Waals surface area contributed by atoms with Gasteiger partial charge < -0.3 is 15.4 Å². The quantitative estimate of drug-likeness (QED) is 0.660. The molecule has 1 saturated heterocycles. The fourth-order valence-electron chi connectivity index (χ4n) is 3.24. The minimum absolute atomic E-state index is 0.155. The van der Waals surface area contributed by atoms with Gasteiger partial charge in [-0.1, -0.05) is 30.3 Å². The second kappa shape index (κ2) is 7.70. The van der Waals surface area contributed by atoms with Crippen molar-refractivity contribution in [1.82, 2.24) is 9.80 Å². The van der Waals surface area contributed by atoms with Crippen LogP contribution >= 0.6 is 0 Å². The Labute approximate surface area is 156 Å². The SMILES string of the molecule is CN1CCN(Cc2ccc(-c3cccc(C(=N)[O-])c3)cc2C(F)(F)F)CC1. The van der Waals surface area contributed by atoms with Crippen molar-refractivity contribution in [3.63, 3.8) is 0 Å². The van der Waals surface area contributed by atoms with Gasteiger partial charge in [0, 0.05) is 32.7 Å². The summed E-state index contributed by atoms with van der Waals surface area (Å²) in [7, 11) is 2.00. The van der Waals surface area contributed by atoms with Crippen molar-refractivity contribution in [3.05, 3.63) is 59.2 Å². The number of alkyl halides is 3. The third kappa shape index (κ3) is 4.67. The highest BCUT2D eigenvalue weighted by Crippen LogP contribution is 2.35. The second-order valence-electron chi connectivity index (χ2n) is 6.86. The van der Waals surface area contributed by atoms with Crippen LogP contribution in [0.25, 0.3) is 11.1 Å². The van der Waals surface area contributed by atoms with E-state index >= 15 is 0 Å². The summed E-state index contributed by atoms with van der Waals surface area (Å²) < 4.78 is 41.0. The van der Waals surface area contributed by atoms with Gasteiger partial charge in [-0.25, -0.2) is 0 Å². The zero-order valence-corrected chi connectivity index (χ0v) is 15.0. The molecule has 0 spiro atoms. The van der Waals surface area contributed by atoms with Gasteiger partial charge in [0.2, 0.25) is 0 Å². The fourth-order valence-corrected chi connectivity index (χ4v) is 3.24. The first-order chi connectivity index (χ1) is 12.7. The van der Waals surface area contributed by atoms with E-state index in [0.717, 1.165) is 32.2 Å². The average Bonchev–Trinajstić information content (AvgIpc) is 2.63. The summed E-state index contributed by atoms with van der Waals surface area (Å²) in [5.74, 6) is -0.861. The van der Waals surface area contributed by atoms with Gasteiger partial charge in [0.25, 0.3) is 0 Å². The molecule has 144 valence electrons. The van der Waals surface area contributed by atoms with Crippen LogP contribution in [0.2, 0.25) is 0 Å². The molecule has 0 atom stereocenters. The molecule has 3 rings (SSSR count). The maximum Gasteiger partial charge on any atom is 0.416 e. The monoisotopic (exact) mass is 376 g/mol. The highest BCUT2D eigenvalue weighted by Gasteiger charge is 2.34. The van der Waals surface area contributed by atoms with Crippen LogP contribution in [0.3, 0.4) is 0 Å². The Morgan fingerprint density at radius 3 is 2.33 bits per heavy atom. The fraction of sp³-hybridized carbons (Fsp3) is 0.350. The lowest BCUT2D eigenvalue weighted by Crippen LogP contribution is -2.44. The summed E-state index contributed by atoms with van der Waals surface area (Å²) in [6.07, 6.45) is -4.46. The zero-order valence-electron chi connectivity index (χ0n) is 15.0. The molecule has 1 aliphatic rings. The molecule has 7 heteroatoms. The van der Waals surface area contributed by atoms with E-state index in [1.54, 1.807) is 18.2 Å². The normalized spacial score (nSPS) is 16.4. The lowest BCUT2D eigenvalue weighted by molar-refractivity contribution is -0.214. The Bertz CT molecular complexity index is 827. The highest BCUT2D eigenvalue weighted by atomic mass is 19.4. The molecular weight excluding hydrogens is 355 g/mol. The van der Waals surface area contributed by atoms with E-state index in [4.69, 9.17) is 5.41 Å². The van der Waals surface area contributed by atoms with Crippen LogP contribution in [0, 0.1) is 5.41 Å². The molecule has 0 saturated carbocycles. The third-order valence-corrected chi connectivity index (χ3v) is 4.86. The molecule has 2 aromatic carbocycles. The van der Waals surface area contributed by atoms with Gasteiger partial charge in [-0.15, -0.1) is 0 Å². The molecule has 1 heterocycles. The van der Waals surface area contributed by atoms with Gasteiger partial charge in [0.15, 0.2) is 0 Å². The highest BCUT2D eigenvalue weighted by molar-refractivity contribution is 5.89. The minimum Gasteiger partial charge on any atom is -0.859 e. The molecule has 0 bridgehead atoms. The Kier molecular flexibility index (Phi) is 5.53. The first kappa shape index (κ1) is 19.4. The summed E-state index contributed by atoms with van der Waals surface area (Å²) in [4.78, 5) is 4.19.